The number of aromatic nitrogens is 1. The van der Waals surface area contributed by atoms with Crippen molar-refractivity contribution in [3.8, 4) is 0 Å². The number of thiazole rings is 1. The zero-order chi connectivity index (χ0) is 15.2. The lowest BCUT2D eigenvalue weighted by Gasteiger charge is -2.15. The Morgan fingerprint density at radius 3 is 2.81 bits per heavy atom. The van der Waals surface area contributed by atoms with E-state index in [9.17, 15) is 4.39 Å². The average molecular weight is 307 g/mol. The monoisotopic (exact) mass is 307 g/mol. The molecule has 0 saturated heterocycles. The molecule has 0 saturated carbocycles. The van der Waals surface area contributed by atoms with Crippen LogP contribution in [-0.4, -0.2) is 18.6 Å². The normalized spacial score (nSPS) is 10.9. The first-order valence-corrected chi connectivity index (χ1v) is 8.10. The predicted molar refractivity (Wildman–Crippen MR) is 87.4 cm³/mol. The Labute approximate surface area is 129 Å². The van der Waals surface area contributed by atoms with Gasteiger partial charge in [-0.05, 0) is 30.7 Å². The molecule has 3 nitrogen and oxygen atoms in total. The van der Waals surface area contributed by atoms with Crippen LogP contribution in [0.5, 0.6) is 0 Å². The first-order chi connectivity index (χ1) is 10.1. The van der Waals surface area contributed by atoms with Crippen LogP contribution in [0, 0.1) is 5.82 Å². The fraction of sp³-hybridized carbons (Fsp3) is 0.438. The van der Waals surface area contributed by atoms with E-state index in [4.69, 9.17) is 4.98 Å². The van der Waals surface area contributed by atoms with Crippen molar-refractivity contribution in [2.45, 2.75) is 33.4 Å². The van der Waals surface area contributed by atoms with Gasteiger partial charge in [0, 0.05) is 25.0 Å². The number of nitrogens with zero attached hydrogens (tertiary/aromatic N) is 2. The number of hydrogen-bond acceptors (Lipinski definition) is 4. The van der Waals surface area contributed by atoms with Crippen molar-refractivity contribution in [1.82, 2.24) is 10.3 Å². The van der Waals surface area contributed by atoms with Crippen molar-refractivity contribution in [2.75, 3.05) is 18.5 Å². The van der Waals surface area contributed by atoms with E-state index in [0.717, 1.165) is 35.9 Å². The molecule has 1 aromatic heterocycles. The molecule has 0 aliphatic rings. The molecule has 0 amide bonds. The van der Waals surface area contributed by atoms with Gasteiger partial charge >= 0.3 is 0 Å². The lowest BCUT2D eigenvalue weighted by molar-refractivity contribution is 0.625. The van der Waals surface area contributed by atoms with Gasteiger partial charge in [-0.15, -0.1) is 11.3 Å². The van der Waals surface area contributed by atoms with Crippen LogP contribution in [0.25, 0.3) is 0 Å². The number of rotatable bonds is 7. The van der Waals surface area contributed by atoms with Gasteiger partial charge < -0.3 is 10.2 Å². The minimum atomic E-state index is -0.192. The van der Waals surface area contributed by atoms with Gasteiger partial charge in [0.1, 0.15) is 5.82 Å². The maximum absolute atomic E-state index is 13.2. The van der Waals surface area contributed by atoms with Gasteiger partial charge in [0.05, 0.1) is 5.69 Å². The van der Waals surface area contributed by atoms with Crippen LogP contribution in [0.2, 0.25) is 0 Å². The second kappa shape index (κ2) is 7.52. The zero-order valence-electron chi connectivity index (χ0n) is 12.8. The summed E-state index contributed by atoms with van der Waals surface area (Å²) in [5.41, 5.74) is 2.11. The molecule has 0 unspecified atom stereocenters. The van der Waals surface area contributed by atoms with Crippen LogP contribution in [0.3, 0.4) is 0 Å². The smallest absolute Gasteiger partial charge is 0.185 e. The summed E-state index contributed by atoms with van der Waals surface area (Å²) in [5.74, 6) is -0.192. The molecule has 0 radical (unpaired) electrons. The molecular formula is C16H22FN3S. The van der Waals surface area contributed by atoms with E-state index in [1.165, 1.54) is 10.9 Å². The summed E-state index contributed by atoms with van der Waals surface area (Å²) in [6, 6.07) is 6.73. The molecule has 0 spiro atoms. The Hall–Kier alpha value is -1.46. The summed E-state index contributed by atoms with van der Waals surface area (Å²) in [4.78, 5) is 8.08. The van der Waals surface area contributed by atoms with Crippen LogP contribution in [0.1, 0.15) is 30.0 Å². The first kappa shape index (κ1) is 15.9. The third-order valence-corrected chi connectivity index (χ3v) is 4.48. The molecule has 5 heteroatoms. The molecule has 0 aliphatic heterocycles. The Bertz CT molecular complexity index is 583. The molecule has 0 fully saturated rings. The number of benzene rings is 1. The third-order valence-electron chi connectivity index (χ3n) is 3.27. The Kier molecular flexibility index (Phi) is 5.70. The second-order valence-electron chi connectivity index (χ2n) is 4.99. The minimum Gasteiger partial charge on any atom is -0.347 e. The fourth-order valence-corrected chi connectivity index (χ4v) is 3.24. The molecule has 21 heavy (non-hydrogen) atoms. The van der Waals surface area contributed by atoms with E-state index in [1.54, 1.807) is 23.5 Å². The maximum atomic E-state index is 13.2. The van der Waals surface area contributed by atoms with Crippen LogP contribution in [-0.2, 0) is 19.5 Å². The fourth-order valence-electron chi connectivity index (χ4n) is 2.16. The number of hydrogen-bond donors (Lipinski definition) is 1. The molecule has 0 atom stereocenters. The molecule has 1 N–H and O–H groups in total. The van der Waals surface area contributed by atoms with Crippen molar-refractivity contribution in [3.63, 3.8) is 0 Å². The number of anilines is 1. The Balaban J connectivity index is 2.11. The standard InChI is InChI=1S/C16H22FN3S/c1-4-14-15(10-18-5-2)21-16(19-14)20(3)11-12-7-6-8-13(17)9-12/h6-9,18H,4-5,10-11H2,1-3H3. The first-order valence-electron chi connectivity index (χ1n) is 7.28. The largest absolute Gasteiger partial charge is 0.347 e. The lowest BCUT2D eigenvalue weighted by Crippen LogP contribution is -2.16. The molecule has 1 aromatic carbocycles. The van der Waals surface area contributed by atoms with Gasteiger partial charge in [-0.1, -0.05) is 26.0 Å². The van der Waals surface area contributed by atoms with Crippen molar-refractivity contribution in [3.05, 3.63) is 46.2 Å². The van der Waals surface area contributed by atoms with Crippen molar-refractivity contribution < 1.29 is 4.39 Å². The summed E-state index contributed by atoms with van der Waals surface area (Å²) >= 11 is 1.71. The van der Waals surface area contributed by atoms with Crippen molar-refractivity contribution >= 4 is 16.5 Å². The molecule has 0 aliphatic carbocycles. The Morgan fingerprint density at radius 2 is 2.14 bits per heavy atom. The van der Waals surface area contributed by atoms with Gasteiger partial charge in [0.2, 0.25) is 0 Å². The molecule has 0 bridgehead atoms. The molecular weight excluding hydrogens is 285 g/mol. The SMILES string of the molecule is CCNCc1sc(N(C)Cc2cccc(F)c2)nc1CC. The quantitative estimate of drug-likeness (QED) is 0.847. The highest BCUT2D eigenvalue weighted by atomic mass is 32.1. The zero-order valence-corrected chi connectivity index (χ0v) is 13.6. The van der Waals surface area contributed by atoms with E-state index >= 15 is 0 Å². The van der Waals surface area contributed by atoms with E-state index in [1.807, 2.05) is 13.1 Å². The number of halogens is 1. The summed E-state index contributed by atoms with van der Waals surface area (Å²) in [5, 5.41) is 4.34. The average Bonchev–Trinajstić information content (AvgIpc) is 2.88. The molecule has 1 heterocycles. The lowest BCUT2D eigenvalue weighted by atomic mass is 10.2. The highest BCUT2D eigenvalue weighted by Crippen LogP contribution is 2.27. The van der Waals surface area contributed by atoms with Gasteiger partial charge in [-0.2, -0.15) is 0 Å². The Morgan fingerprint density at radius 1 is 1.33 bits per heavy atom. The van der Waals surface area contributed by atoms with Gasteiger partial charge in [0.15, 0.2) is 5.13 Å². The van der Waals surface area contributed by atoms with E-state index in [0.29, 0.717) is 6.54 Å². The molecule has 2 aromatic rings. The van der Waals surface area contributed by atoms with Crippen molar-refractivity contribution in [1.29, 1.82) is 0 Å². The number of aryl methyl sites for hydroxylation is 1. The molecule has 2 rings (SSSR count). The summed E-state index contributed by atoms with van der Waals surface area (Å²) in [7, 11) is 2.00. The maximum Gasteiger partial charge on any atom is 0.185 e. The second-order valence-corrected chi connectivity index (χ2v) is 6.05. The highest BCUT2D eigenvalue weighted by Gasteiger charge is 2.13. The van der Waals surface area contributed by atoms with Crippen LogP contribution < -0.4 is 10.2 Å². The van der Waals surface area contributed by atoms with Gasteiger partial charge in [-0.25, -0.2) is 9.37 Å². The van der Waals surface area contributed by atoms with Crippen LogP contribution in [0.15, 0.2) is 24.3 Å². The van der Waals surface area contributed by atoms with Gasteiger partial charge in [0.25, 0.3) is 0 Å². The van der Waals surface area contributed by atoms with E-state index in [2.05, 4.69) is 24.1 Å². The third kappa shape index (κ3) is 4.25. The van der Waals surface area contributed by atoms with E-state index < -0.39 is 0 Å². The summed E-state index contributed by atoms with van der Waals surface area (Å²) in [6.07, 6.45) is 0.936. The van der Waals surface area contributed by atoms with Crippen LogP contribution in [0.4, 0.5) is 9.52 Å². The molecule has 114 valence electrons. The van der Waals surface area contributed by atoms with Crippen LogP contribution >= 0.6 is 11.3 Å². The van der Waals surface area contributed by atoms with Gasteiger partial charge in [-0.3, -0.25) is 0 Å². The highest BCUT2D eigenvalue weighted by molar-refractivity contribution is 7.15. The summed E-state index contributed by atoms with van der Waals surface area (Å²) in [6.45, 7) is 6.71. The summed E-state index contributed by atoms with van der Waals surface area (Å²) < 4.78 is 13.2. The van der Waals surface area contributed by atoms with Crippen molar-refractivity contribution in [2.24, 2.45) is 0 Å². The number of nitrogens with one attached hydrogen (secondary N) is 1. The van der Waals surface area contributed by atoms with E-state index in [-0.39, 0.29) is 5.82 Å². The minimum absolute atomic E-state index is 0.192. The topological polar surface area (TPSA) is 28.2 Å². The predicted octanol–water partition coefficient (Wildman–Crippen LogP) is 3.59.